The van der Waals surface area contributed by atoms with E-state index in [9.17, 15) is 19.2 Å². The lowest BCUT2D eigenvalue weighted by atomic mass is 10.2. The van der Waals surface area contributed by atoms with Gasteiger partial charge in [0.1, 0.15) is 16.3 Å². The Morgan fingerprint density at radius 3 is 2.44 bits per heavy atom. The van der Waals surface area contributed by atoms with Crippen molar-refractivity contribution >= 4 is 26.0 Å². The predicted molar refractivity (Wildman–Crippen MR) is 72.1 cm³/mol. The van der Waals surface area contributed by atoms with Gasteiger partial charge in [-0.3, -0.25) is 4.57 Å². The molecule has 0 heterocycles. The molecule has 94 valence electrons. The first kappa shape index (κ1) is 13.4. The minimum atomic E-state index is -4.33. The highest BCUT2D eigenvalue weighted by Gasteiger charge is 2.35. The Bertz CT molecular complexity index is 569. The second kappa shape index (κ2) is 5.31. The van der Waals surface area contributed by atoms with Crippen molar-refractivity contribution in [2.75, 3.05) is 0 Å². The Hall–Kier alpha value is -1.02. The quantitative estimate of drug-likeness (QED) is 0.790. The van der Waals surface area contributed by atoms with Crippen LogP contribution in [-0.4, -0.2) is 20.7 Å². The molecular formula is C12H12O4P2. The second-order valence-corrected chi connectivity index (χ2v) is 7.19. The molecule has 6 heteroatoms. The Morgan fingerprint density at radius 1 is 1.17 bits per heavy atom. The first-order chi connectivity index (χ1) is 8.50. The summed E-state index contributed by atoms with van der Waals surface area (Å²) in [5, 5.41) is 0.841. The predicted octanol–water partition coefficient (Wildman–Crippen LogP) is 0.914. The van der Waals surface area contributed by atoms with Gasteiger partial charge in [0.2, 0.25) is 0 Å². The minimum Gasteiger partial charge on any atom is -0.626 e. The van der Waals surface area contributed by atoms with E-state index in [1.807, 2.05) is 0 Å². The average Bonchev–Trinajstić information content (AvgIpc) is 2.38. The average molecular weight is 282 g/mol. The molecular weight excluding hydrogens is 270 g/mol. The van der Waals surface area contributed by atoms with Gasteiger partial charge in [-0.25, -0.2) is 0 Å². The van der Waals surface area contributed by atoms with Crippen LogP contribution in [0.25, 0.3) is 0 Å². The molecule has 1 aliphatic carbocycles. The van der Waals surface area contributed by atoms with E-state index < -0.39 is 21.0 Å². The summed E-state index contributed by atoms with van der Waals surface area (Å²) in [4.78, 5) is 30.9. The number of allylic oxidation sites excluding steroid dienone is 4. The fourth-order valence-electron chi connectivity index (χ4n) is 1.71. The number of rotatable bonds is 2. The molecule has 2 atom stereocenters. The van der Waals surface area contributed by atoms with Crippen LogP contribution in [0.15, 0.2) is 54.6 Å². The van der Waals surface area contributed by atoms with Crippen molar-refractivity contribution in [3.05, 3.63) is 54.6 Å². The number of hydrogen-bond acceptors (Lipinski definition) is 2. The summed E-state index contributed by atoms with van der Waals surface area (Å²) in [7, 11) is -6.29. The van der Waals surface area contributed by atoms with E-state index in [0.717, 1.165) is 0 Å². The molecule has 0 amide bonds. The van der Waals surface area contributed by atoms with Crippen molar-refractivity contribution in [1.82, 2.24) is 0 Å². The molecule has 1 aromatic carbocycles. The van der Waals surface area contributed by atoms with Gasteiger partial charge in [-0.05, 0) is 18.2 Å². The topological polar surface area (TPSA) is 80.6 Å². The fraction of sp³-hybridized carbons (Fsp3) is 0.0833. The fourth-order valence-corrected chi connectivity index (χ4v) is 4.51. The molecule has 0 radical (unpaired) electrons. The van der Waals surface area contributed by atoms with Crippen molar-refractivity contribution in [2.24, 2.45) is 0 Å². The van der Waals surface area contributed by atoms with Crippen LogP contribution in [0.2, 0.25) is 0 Å². The monoisotopic (exact) mass is 282 g/mol. The molecule has 2 rings (SSSR count). The third kappa shape index (κ3) is 2.86. The van der Waals surface area contributed by atoms with Gasteiger partial charge in [0, 0.05) is 0 Å². The Labute approximate surface area is 106 Å². The van der Waals surface area contributed by atoms with Crippen LogP contribution in [0.4, 0.5) is 0 Å². The Morgan fingerprint density at radius 2 is 1.83 bits per heavy atom. The van der Waals surface area contributed by atoms with E-state index in [2.05, 4.69) is 0 Å². The van der Waals surface area contributed by atoms with Gasteiger partial charge in [-0.15, -0.1) is 0 Å². The van der Waals surface area contributed by atoms with Crippen LogP contribution in [0, 0.1) is 0 Å². The Kier molecular flexibility index (Phi) is 3.96. The van der Waals surface area contributed by atoms with Crippen LogP contribution >= 0.6 is 15.4 Å². The van der Waals surface area contributed by atoms with Gasteiger partial charge in [0.25, 0.3) is 0 Å². The lowest BCUT2D eigenvalue weighted by Gasteiger charge is -2.16. The largest absolute Gasteiger partial charge is 0.626 e. The molecule has 18 heavy (non-hydrogen) atoms. The molecule has 1 aromatic rings. The molecule has 0 fully saturated rings. The summed E-state index contributed by atoms with van der Waals surface area (Å²) in [5.74, 6) is 0. The third-order valence-corrected chi connectivity index (χ3v) is 5.60. The number of hydrogen-bond donors (Lipinski definition) is 2. The van der Waals surface area contributed by atoms with Crippen LogP contribution in [0.1, 0.15) is 0 Å². The molecule has 2 unspecified atom stereocenters. The molecule has 0 saturated heterocycles. The van der Waals surface area contributed by atoms with Crippen molar-refractivity contribution in [3.8, 4) is 0 Å². The molecule has 1 aliphatic rings. The van der Waals surface area contributed by atoms with E-state index in [-0.39, 0.29) is 5.29 Å². The SMILES string of the molecule is O=P(O)(O)C1C=CC=CC1=[P+]([O-])c1ccccc1. The second-order valence-electron chi connectivity index (χ2n) is 3.83. The van der Waals surface area contributed by atoms with Crippen LogP contribution in [-0.2, 0) is 4.57 Å². The minimum absolute atomic E-state index is 0.270. The summed E-state index contributed by atoms with van der Waals surface area (Å²) >= 11 is 0. The van der Waals surface area contributed by atoms with Gasteiger partial charge in [-0.2, -0.15) is 0 Å². The van der Waals surface area contributed by atoms with E-state index in [0.29, 0.717) is 5.30 Å². The van der Waals surface area contributed by atoms with Gasteiger partial charge in [0.15, 0.2) is 0 Å². The summed E-state index contributed by atoms with van der Waals surface area (Å²) in [6, 6.07) is 8.67. The summed E-state index contributed by atoms with van der Waals surface area (Å²) < 4.78 is 11.4. The van der Waals surface area contributed by atoms with E-state index in [1.165, 1.54) is 12.2 Å². The highest BCUT2D eigenvalue weighted by Crippen LogP contribution is 2.45. The zero-order valence-corrected chi connectivity index (χ0v) is 11.2. The Balaban J connectivity index is 2.51. The van der Waals surface area contributed by atoms with Gasteiger partial charge in [-0.1, -0.05) is 36.4 Å². The lowest BCUT2D eigenvalue weighted by molar-refractivity contribution is -0.149. The van der Waals surface area contributed by atoms with Crippen molar-refractivity contribution in [2.45, 2.75) is 5.66 Å². The zero-order chi connectivity index (χ0) is 13.2. The summed E-state index contributed by atoms with van der Waals surface area (Å²) in [5.41, 5.74) is -1.09. The first-order valence-corrected chi connectivity index (χ1v) is 8.23. The van der Waals surface area contributed by atoms with Crippen molar-refractivity contribution in [3.63, 3.8) is 0 Å². The van der Waals surface area contributed by atoms with E-state index in [1.54, 1.807) is 42.5 Å². The third-order valence-electron chi connectivity index (χ3n) is 2.56. The first-order valence-electron chi connectivity index (χ1n) is 5.29. The highest BCUT2D eigenvalue weighted by molar-refractivity contribution is 7.64. The van der Waals surface area contributed by atoms with Gasteiger partial charge >= 0.3 is 7.60 Å². The molecule has 2 N–H and O–H groups in total. The molecule has 0 bridgehead atoms. The standard InChI is InChI=1S/C12H12O4P2/c13-17(10-6-2-1-3-7-10)11-8-4-5-9-12(11)18(14,15)16/h1-9,12H,(H2,14,15,16). The maximum Gasteiger partial charge on any atom is 0.340 e. The van der Waals surface area contributed by atoms with Gasteiger partial charge < -0.3 is 14.7 Å². The molecule has 0 saturated carbocycles. The van der Waals surface area contributed by atoms with Crippen molar-refractivity contribution in [1.29, 1.82) is 0 Å². The van der Waals surface area contributed by atoms with Crippen LogP contribution in [0.5, 0.6) is 0 Å². The molecule has 4 nitrogen and oxygen atoms in total. The smallest absolute Gasteiger partial charge is 0.340 e. The molecule has 0 aromatic heterocycles. The zero-order valence-electron chi connectivity index (χ0n) is 9.38. The summed E-state index contributed by atoms with van der Waals surface area (Å²) in [6.45, 7) is 0. The number of benzene rings is 1. The molecule has 0 spiro atoms. The van der Waals surface area contributed by atoms with E-state index >= 15 is 0 Å². The lowest BCUT2D eigenvalue weighted by Crippen LogP contribution is -2.23. The maximum atomic E-state index is 12.3. The summed E-state index contributed by atoms with van der Waals surface area (Å²) in [6.07, 6.45) is 6.11. The molecule has 0 aliphatic heterocycles. The van der Waals surface area contributed by atoms with Crippen LogP contribution < -0.4 is 10.2 Å². The van der Waals surface area contributed by atoms with E-state index in [4.69, 9.17) is 0 Å². The maximum absolute atomic E-state index is 12.3. The van der Waals surface area contributed by atoms with Crippen LogP contribution in [0.3, 0.4) is 0 Å². The normalized spacial score (nSPS) is 22.1. The highest BCUT2D eigenvalue weighted by atomic mass is 31.2. The van der Waals surface area contributed by atoms with Crippen molar-refractivity contribution < 1.29 is 19.2 Å². The van der Waals surface area contributed by atoms with Gasteiger partial charge in [0.05, 0.1) is 7.77 Å².